The van der Waals surface area contributed by atoms with E-state index in [1.54, 1.807) is 127 Å². The molecule has 30 heteroatoms. The van der Waals surface area contributed by atoms with Gasteiger partial charge in [-0.05, 0) is 213 Å². The number of hydrogen-bond acceptors (Lipinski definition) is 28. The standard InChI is InChI=1S/C115H88O24.2CH3O.2Na.2H2O/c116-110(117)84-23-11-74(12-24-84)62-130-98-41-80(39-96(54-98)128-60-72-7-3-1-4-8-72)68-136-104-50-92(51-105(58-104)137-69-81-40-97(129-61-73-9-5-2-6-10-73)55-99(42-81)131-63-75-13-25-85(26-14-75)111(118)119)90-35-37-108-94(47-90)49-95-48-91(36-38-109(95)108)93-52-106(138-70-82-43-100(132-64-76-15-27-86(28-16-76)112(120)121)56-101(44-82)133-65-77-17-29-87(30-18-77)113(122)123)59-107(53-93)139-71-83-45-102(134-66-78-19-31-88(32-20-78)114(124)125)57-103(46-83)135-67-79-21-33-89(34-22-79)115(126)127;2*1-2;;;;/h3-48,50-59H,49,60-71H2,(H,116,117)(H,118,119)(H,120,121)(H,122,123)(H,124,125)(H,126,127);2*1H3;;;2*1H2/q-2;2*-1;2*+1;;/p-8. The minimum Gasteiger partial charge on any atom is -0.870 e. The van der Waals surface area contributed by atoms with Gasteiger partial charge >= 0.3 is 59.1 Å². The van der Waals surface area contributed by atoms with Crippen LogP contribution in [0.4, 0.5) is 0 Å². The second-order valence-electron chi connectivity index (χ2n) is 32.7. The van der Waals surface area contributed by atoms with Crippen molar-refractivity contribution in [1.82, 2.24) is 0 Å². The first-order valence-corrected chi connectivity index (χ1v) is 44.8. The molecule has 0 saturated carbocycles. The van der Waals surface area contributed by atoms with Gasteiger partial charge in [0.25, 0.3) is 0 Å². The molecule has 1 aliphatic rings. The van der Waals surface area contributed by atoms with Crippen LogP contribution in [0.15, 0.2) is 340 Å². The summed E-state index contributed by atoms with van der Waals surface area (Å²) in [6.07, 6.45) is 0.525. The molecule has 0 radical (unpaired) electrons. The molecule has 1 aliphatic carbocycles. The maximum absolute atomic E-state index is 11.6. The van der Waals surface area contributed by atoms with Crippen molar-refractivity contribution in [3.8, 4) is 102 Å². The Balaban J connectivity index is 0.00000254. The summed E-state index contributed by atoms with van der Waals surface area (Å²) in [5, 5.41) is 86.3. The van der Waals surface area contributed by atoms with Crippen molar-refractivity contribution in [2.75, 3.05) is 14.2 Å². The summed E-state index contributed by atoms with van der Waals surface area (Å²) in [6, 6.07) is 103. The van der Waals surface area contributed by atoms with E-state index >= 15 is 0 Å². The average Bonchev–Trinajstić information content (AvgIpc) is 1.62. The van der Waals surface area contributed by atoms with Crippen LogP contribution in [0.1, 0.15) is 140 Å². The number of aromatic carboxylic acids is 6. The molecule has 0 amide bonds. The molecule has 28 nitrogen and oxygen atoms in total. The molecule has 0 atom stereocenters. The van der Waals surface area contributed by atoms with Gasteiger partial charge in [0.1, 0.15) is 135 Å². The molecule has 16 aromatic rings. The van der Waals surface area contributed by atoms with Crippen molar-refractivity contribution in [1.29, 1.82) is 0 Å². The molecule has 16 aromatic carbocycles. The Kier molecular flexibility index (Phi) is 41.2. The van der Waals surface area contributed by atoms with E-state index in [0.717, 1.165) is 81.0 Å². The van der Waals surface area contributed by atoms with Crippen molar-refractivity contribution in [3.05, 3.63) is 463 Å². The van der Waals surface area contributed by atoms with Gasteiger partial charge in [-0.15, -0.1) is 11.1 Å². The third kappa shape index (κ3) is 31.9. The van der Waals surface area contributed by atoms with Crippen LogP contribution in [0.3, 0.4) is 0 Å². The van der Waals surface area contributed by atoms with E-state index in [1.165, 1.54) is 72.8 Å². The second kappa shape index (κ2) is 54.5. The van der Waals surface area contributed by atoms with Crippen LogP contribution >= 0.6 is 0 Å². The summed E-state index contributed by atoms with van der Waals surface area (Å²) in [5.74, 6) is -2.66. The van der Waals surface area contributed by atoms with Gasteiger partial charge in [-0.2, -0.15) is 74.9 Å². The number of ether oxygens (including phenoxy) is 12. The monoisotopic (exact) mass is 1990 g/mol. The van der Waals surface area contributed by atoms with Gasteiger partial charge in [0.15, 0.2) is 0 Å². The number of benzene rings is 16. The van der Waals surface area contributed by atoms with Crippen molar-refractivity contribution in [2.24, 2.45) is 0 Å². The molecule has 0 saturated heterocycles. The van der Waals surface area contributed by atoms with E-state index in [-0.39, 0.29) is 183 Å². The van der Waals surface area contributed by atoms with E-state index in [2.05, 4.69) is 42.5 Å². The molecule has 738 valence electrons. The zero-order chi connectivity index (χ0) is 100. The van der Waals surface area contributed by atoms with Gasteiger partial charge in [0, 0.05) is 36.4 Å². The van der Waals surface area contributed by atoms with Crippen molar-refractivity contribution < 1.29 is 197 Å². The van der Waals surface area contributed by atoms with Crippen molar-refractivity contribution in [2.45, 2.75) is 85.7 Å². The zero-order valence-corrected chi connectivity index (χ0v) is 84.0. The minimum atomic E-state index is -1.32. The molecule has 0 bridgehead atoms. The van der Waals surface area contributed by atoms with Crippen LogP contribution in [-0.4, -0.2) is 61.0 Å². The number of carboxylic acid groups (broad SMARTS) is 6. The molecule has 0 spiro atoms. The van der Waals surface area contributed by atoms with E-state index in [4.69, 9.17) is 67.1 Å². The number of carboxylic acids is 6. The van der Waals surface area contributed by atoms with Gasteiger partial charge in [0.2, 0.25) is 0 Å². The normalized spacial score (nSPS) is 10.6. The van der Waals surface area contributed by atoms with E-state index in [0.29, 0.717) is 120 Å². The molecule has 147 heavy (non-hydrogen) atoms. The number of carbonyl (C=O) groups is 6. The Morgan fingerprint density at radius 3 is 0.524 bits per heavy atom. The molecule has 2 N–H and O–H groups in total. The molecule has 0 fully saturated rings. The summed E-state index contributed by atoms with van der Waals surface area (Å²) in [4.78, 5) is 69.8. The van der Waals surface area contributed by atoms with E-state index < -0.39 is 35.8 Å². The third-order valence-electron chi connectivity index (χ3n) is 22.6. The molecule has 0 aromatic heterocycles. The summed E-state index contributed by atoms with van der Waals surface area (Å²) < 4.78 is 78.1. The zero-order valence-electron chi connectivity index (χ0n) is 80.0. The third-order valence-corrected chi connectivity index (χ3v) is 22.6. The molecule has 0 aliphatic heterocycles. The maximum atomic E-state index is 11.6. The van der Waals surface area contributed by atoms with Gasteiger partial charge in [0.05, 0.1) is 49.0 Å². The van der Waals surface area contributed by atoms with Gasteiger partial charge in [-0.25, -0.2) is 0 Å². The Morgan fingerprint density at radius 1 is 0.197 bits per heavy atom. The first-order chi connectivity index (χ1) is 69.6. The van der Waals surface area contributed by atoms with Crippen LogP contribution in [-0.2, 0) is 85.7 Å². The summed E-state index contributed by atoms with van der Waals surface area (Å²) in [7, 11) is 1.50. The van der Waals surface area contributed by atoms with Crippen LogP contribution in [0.5, 0.6) is 69.0 Å². The number of fused-ring (bicyclic) bond motifs is 3. The predicted octanol–water partition coefficient (Wildman–Crippen LogP) is 6.93. The SMILES string of the molecule is C[O-].C[O-].O=C([O-])c1ccc(COc2cc(COc3cc(OCc4cc(OCc5cc[c-]cc5)cc(OCc5ccc(C(=O)[O-])cc5)c4)cc(-c4ccc5c(c4)Cc4cc(-c6cc(OCc7cc(OCc8ccc(C(=O)[O-])cc8)cc(OCc8ccc(C(=O)[O-])cc8)c7)cc(OCc7cc(OCc8ccc(C(=O)[O-])cc8)cc(OCc8ccc(C(=O)[O-])cc8)c7)c6)ccc4-5)c3)cc(OCc3cc[c-]cc3)c2)cc1.[Na+].[Na+].[OH-].[OH-]. The fourth-order valence-electron chi connectivity index (χ4n) is 15.4. The first kappa shape index (κ1) is 111. The van der Waals surface area contributed by atoms with E-state index in [1.807, 2.05) is 109 Å². The summed E-state index contributed by atoms with van der Waals surface area (Å²) in [5.41, 5.74) is 15.9. The summed E-state index contributed by atoms with van der Waals surface area (Å²) >= 11 is 0. The van der Waals surface area contributed by atoms with Crippen LogP contribution in [0, 0.1) is 12.1 Å². The Labute approximate surface area is 890 Å². The van der Waals surface area contributed by atoms with Crippen LogP contribution < -0.4 is 157 Å². The minimum absolute atomic E-state index is 0. The number of carbonyl (C=O) groups excluding carboxylic acids is 6. The Morgan fingerprint density at radius 2 is 0.354 bits per heavy atom. The fourth-order valence-corrected chi connectivity index (χ4v) is 15.4. The van der Waals surface area contributed by atoms with E-state index in [9.17, 15) is 59.4 Å². The fraction of sp³-hybridized carbons (Fsp3) is 0.128. The Hall–Kier alpha value is -16.2. The summed E-state index contributed by atoms with van der Waals surface area (Å²) in [6.45, 7) is 0.873. The van der Waals surface area contributed by atoms with Gasteiger partial charge < -0.3 is 137 Å². The van der Waals surface area contributed by atoms with Crippen molar-refractivity contribution in [3.63, 3.8) is 0 Å². The van der Waals surface area contributed by atoms with Crippen molar-refractivity contribution >= 4 is 35.8 Å². The molecule has 17 rings (SSSR count). The average molecular weight is 1990 g/mol. The maximum Gasteiger partial charge on any atom is 1.00 e. The van der Waals surface area contributed by atoms with Gasteiger partial charge in [-0.1, -0.05) is 182 Å². The number of hydrogen-bond donors (Lipinski definition) is 0. The molecular formula is C117H90Na2O28-10. The van der Waals surface area contributed by atoms with Gasteiger partial charge in [-0.3, -0.25) is 0 Å². The largest absolute Gasteiger partial charge is 1.00 e. The van der Waals surface area contributed by atoms with Crippen LogP contribution in [0.2, 0.25) is 0 Å². The molecule has 0 heterocycles. The van der Waals surface area contributed by atoms with Crippen LogP contribution in [0.25, 0.3) is 33.4 Å². The predicted molar refractivity (Wildman–Crippen MR) is 514 cm³/mol. The smallest absolute Gasteiger partial charge is 0.870 e. The Bertz CT molecular complexity index is 6610. The molecular weight excluding hydrogens is 1900 g/mol. The molecule has 0 unspecified atom stereocenters. The quantitative estimate of drug-likeness (QED) is 0.0276. The second-order valence-corrected chi connectivity index (χ2v) is 32.7. The topological polar surface area (TPSA) is 458 Å². The first-order valence-electron chi connectivity index (χ1n) is 44.8. The number of rotatable bonds is 44.